The minimum atomic E-state index is -3.95. The van der Waals surface area contributed by atoms with Gasteiger partial charge in [0.15, 0.2) is 0 Å². The second-order valence-electron chi connectivity index (χ2n) is 8.47. The highest BCUT2D eigenvalue weighted by atomic mass is 32.2. The van der Waals surface area contributed by atoms with Crippen LogP contribution in [0.4, 0.5) is 5.69 Å². The van der Waals surface area contributed by atoms with E-state index in [1.54, 1.807) is 18.4 Å². The van der Waals surface area contributed by atoms with Crippen molar-refractivity contribution >= 4 is 44.8 Å². The normalized spacial score (nSPS) is 20.1. The van der Waals surface area contributed by atoms with E-state index in [2.05, 4.69) is 0 Å². The molecule has 4 rings (SSSR count). The van der Waals surface area contributed by atoms with Gasteiger partial charge in [-0.15, -0.1) is 11.3 Å². The van der Waals surface area contributed by atoms with Crippen LogP contribution >= 0.6 is 11.3 Å². The van der Waals surface area contributed by atoms with E-state index in [4.69, 9.17) is 4.74 Å². The maximum atomic E-state index is 13.7. The fraction of sp³-hybridized carbons (Fsp3) is 0.458. The van der Waals surface area contributed by atoms with Gasteiger partial charge >= 0.3 is 5.97 Å². The first-order valence-corrected chi connectivity index (χ1v) is 13.9. The van der Waals surface area contributed by atoms with E-state index in [0.29, 0.717) is 24.1 Å². The summed E-state index contributed by atoms with van der Waals surface area (Å²) in [5.74, 6) is -1.51. The van der Waals surface area contributed by atoms with Crippen molar-refractivity contribution in [2.45, 2.75) is 68.2 Å². The average molecular weight is 505 g/mol. The van der Waals surface area contributed by atoms with E-state index in [1.807, 2.05) is 0 Å². The summed E-state index contributed by atoms with van der Waals surface area (Å²) < 4.78 is 33.8. The molecule has 2 fully saturated rings. The molecule has 1 saturated carbocycles. The van der Waals surface area contributed by atoms with E-state index in [9.17, 15) is 22.8 Å². The van der Waals surface area contributed by atoms with Crippen LogP contribution in [-0.4, -0.2) is 49.2 Å². The molecule has 1 aromatic carbocycles. The molecule has 34 heavy (non-hydrogen) atoms. The molecule has 1 aromatic heterocycles. The second-order valence-corrected chi connectivity index (χ2v) is 11.5. The lowest BCUT2D eigenvalue weighted by molar-refractivity contribution is -0.122. The molecule has 2 aromatic rings. The number of hydrogen-bond donors (Lipinski definition) is 0. The van der Waals surface area contributed by atoms with Crippen molar-refractivity contribution in [2.75, 3.05) is 11.5 Å². The summed E-state index contributed by atoms with van der Waals surface area (Å²) >= 11 is 1.11. The fourth-order valence-corrected chi connectivity index (χ4v) is 7.61. The van der Waals surface area contributed by atoms with Crippen molar-refractivity contribution < 1.29 is 27.5 Å². The van der Waals surface area contributed by atoms with E-state index in [-0.39, 0.29) is 23.3 Å². The van der Waals surface area contributed by atoms with Crippen molar-refractivity contribution in [3.05, 3.63) is 47.3 Å². The van der Waals surface area contributed by atoms with E-state index in [0.717, 1.165) is 41.9 Å². The van der Waals surface area contributed by atoms with Crippen molar-refractivity contribution in [1.29, 1.82) is 0 Å². The number of ether oxygens (including phenoxy) is 1. The lowest BCUT2D eigenvalue weighted by Crippen LogP contribution is -2.50. The minimum Gasteiger partial charge on any atom is -0.462 e. The first-order valence-electron chi connectivity index (χ1n) is 11.6. The van der Waals surface area contributed by atoms with Crippen molar-refractivity contribution in [2.24, 2.45) is 0 Å². The Labute approximate surface area is 203 Å². The van der Waals surface area contributed by atoms with Gasteiger partial charge in [0.05, 0.1) is 24.3 Å². The van der Waals surface area contributed by atoms with Crippen LogP contribution in [-0.2, 0) is 24.3 Å². The number of benzene rings is 1. The summed E-state index contributed by atoms with van der Waals surface area (Å²) in [6.07, 6.45) is 4.94. The topological polar surface area (TPSA) is 101 Å². The van der Waals surface area contributed by atoms with Crippen LogP contribution in [0.15, 0.2) is 46.0 Å². The van der Waals surface area contributed by atoms with Crippen LogP contribution < -0.4 is 4.90 Å². The van der Waals surface area contributed by atoms with Crippen LogP contribution in [0.3, 0.4) is 0 Å². The first kappa shape index (κ1) is 24.6. The van der Waals surface area contributed by atoms with Gasteiger partial charge in [-0.25, -0.2) is 18.1 Å². The molecule has 0 radical (unpaired) electrons. The Morgan fingerprint density at radius 2 is 1.76 bits per heavy atom. The molecule has 0 N–H and O–H groups in total. The van der Waals surface area contributed by atoms with Crippen LogP contribution in [0.1, 0.15) is 62.2 Å². The molecular weight excluding hydrogens is 476 g/mol. The maximum Gasteiger partial charge on any atom is 0.338 e. The summed E-state index contributed by atoms with van der Waals surface area (Å²) in [5, 5.41) is 1.69. The Balaban J connectivity index is 1.66. The molecule has 0 spiro atoms. The average Bonchev–Trinajstić information content (AvgIpc) is 3.37. The summed E-state index contributed by atoms with van der Waals surface area (Å²) in [7, 11) is -3.95. The molecule has 8 nitrogen and oxygen atoms in total. The highest BCUT2D eigenvalue weighted by Gasteiger charge is 2.49. The van der Waals surface area contributed by atoms with Crippen molar-refractivity contribution in [1.82, 2.24) is 4.31 Å². The Morgan fingerprint density at radius 3 is 2.35 bits per heavy atom. The van der Waals surface area contributed by atoms with E-state index >= 15 is 0 Å². The highest BCUT2D eigenvalue weighted by molar-refractivity contribution is 7.91. The zero-order valence-corrected chi connectivity index (χ0v) is 20.6. The van der Waals surface area contributed by atoms with Gasteiger partial charge in [0, 0.05) is 6.04 Å². The number of imide groups is 1. The number of sulfonamides is 1. The smallest absolute Gasteiger partial charge is 0.338 e. The molecule has 10 heteroatoms. The van der Waals surface area contributed by atoms with Gasteiger partial charge in [-0.3, -0.25) is 9.59 Å². The predicted octanol–water partition coefficient (Wildman–Crippen LogP) is 3.97. The van der Waals surface area contributed by atoms with Crippen LogP contribution in [0.2, 0.25) is 0 Å². The summed E-state index contributed by atoms with van der Waals surface area (Å²) in [6.45, 7) is 1.94. The number of nitrogens with zero attached hydrogens (tertiary/aromatic N) is 2. The Hall–Kier alpha value is -2.56. The largest absolute Gasteiger partial charge is 0.462 e. The molecule has 2 amide bonds. The predicted molar refractivity (Wildman–Crippen MR) is 128 cm³/mol. The minimum absolute atomic E-state index is 0.175. The molecular formula is C24H28N2O6S2. The summed E-state index contributed by atoms with van der Waals surface area (Å²) in [4.78, 5) is 39.5. The Bertz CT molecular complexity index is 1140. The fourth-order valence-electron chi connectivity index (χ4n) is 4.69. The van der Waals surface area contributed by atoms with Crippen LogP contribution in [0.25, 0.3) is 0 Å². The van der Waals surface area contributed by atoms with Crippen LogP contribution in [0.5, 0.6) is 0 Å². The lowest BCUT2D eigenvalue weighted by Gasteiger charge is -2.33. The molecule has 2 aliphatic rings. The summed E-state index contributed by atoms with van der Waals surface area (Å²) in [5.41, 5.74) is 0.612. The molecule has 1 saturated heterocycles. The Morgan fingerprint density at radius 1 is 1.09 bits per heavy atom. The second kappa shape index (κ2) is 10.4. The number of amides is 2. The number of hydrogen-bond acceptors (Lipinski definition) is 7. The van der Waals surface area contributed by atoms with E-state index < -0.39 is 33.8 Å². The number of carbonyl (C=O) groups is 3. The molecule has 1 aliphatic heterocycles. The lowest BCUT2D eigenvalue weighted by atomic mass is 10.1. The third-order valence-corrected chi connectivity index (χ3v) is 9.61. The molecule has 1 aliphatic carbocycles. The van der Waals surface area contributed by atoms with Gasteiger partial charge in [-0.05, 0) is 55.5 Å². The summed E-state index contributed by atoms with van der Waals surface area (Å²) in [6, 6.07) is 7.79. The van der Waals surface area contributed by atoms with Gasteiger partial charge < -0.3 is 4.74 Å². The monoisotopic (exact) mass is 504 g/mol. The highest BCUT2D eigenvalue weighted by Crippen LogP contribution is 2.35. The van der Waals surface area contributed by atoms with Gasteiger partial charge in [0.1, 0.15) is 10.3 Å². The number of carbonyl (C=O) groups excluding carboxylic acids is 3. The number of esters is 1. The van der Waals surface area contributed by atoms with Crippen molar-refractivity contribution in [3.8, 4) is 0 Å². The quantitative estimate of drug-likeness (QED) is 0.321. The molecule has 2 heterocycles. The number of anilines is 1. The van der Waals surface area contributed by atoms with E-state index in [1.165, 1.54) is 34.6 Å². The zero-order valence-electron chi connectivity index (χ0n) is 19.0. The maximum absolute atomic E-state index is 13.7. The van der Waals surface area contributed by atoms with Crippen LogP contribution in [0, 0.1) is 0 Å². The SMILES string of the molecule is CCOC(=O)c1ccc(N2C(=O)CC(N(C3CCCCCC3)S(=O)(=O)c3cccs3)C2=O)cc1. The van der Waals surface area contributed by atoms with Crippen molar-refractivity contribution in [3.63, 3.8) is 0 Å². The Kier molecular flexibility index (Phi) is 7.49. The van der Waals surface area contributed by atoms with Gasteiger partial charge in [0.2, 0.25) is 5.91 Å². The van der Waals surface area contributed by atoms with Gasteiger partial charge in [-0.1, -0.05) is 31.7 Å². The third kappa shape index (κ3) is 4.80. The standard InChI is InChI=1S/C24H28N2O6S2/c1-2-32-24(29)17-11-13-18(14-12-17)25-21(27)16-20(23(25)28)26(19-8-5-3-4-6-9-19)34(30,31)22-10-7-15-33-22/h7,10-15,19-20H,2-6,8-9,16H2,1H3. The number of rotatable bonds is 7. The molecule has 182 valence electrons. The molecule has 1 unspecified atom stereocenters. The number of thiophene rings is 1. The van der Waals surface area contributed by atoms with Gasteiger partial charge in [0.25, 0.3) is 15.9 Å². The third-order valence-electron chi connectivity index (χ3n) is 6.28. The zero-order chi connectivity index (χ0) is 24.3. The molecule has 0 bridgehead atoms. The molecule has 1 atom stereocenters. The van der Waals surface area contributed by atoms with Gasteiger partial charge in [-0.2, -0.15) is 4.31 Å². The first-order chi connectivity index (χ1) is 16.3.